The molecule has 0 saturated carbocycles. The van der Waals surface area contributed by atoms with Crippen molar-refractivity contribution in [2.45, 2.75) is 58.8 Å². The van der Waals surface area contributed by atoms with E-state index in [2.05, 4.69) is 99.3 Å². The van der Waals surface area contributed by atoms with Gasteiger partial charge in [-0.05, 0) is 100 Å². The van der Waals surface area contributed by atoms with Crippen molar-refractivity contribution in [3.05, 3.63) is 108 Å². The van der Waals surface area contributed by atoms with Crippen LogP contribution in [0.15, 0.2) is 91.5 Å². The van der Waals surface area contributed by atoms with Crippen molar-refractivity contribution in [3.63, 3.8) is 0 Å². The number of likely N-dealkylation sites (N-methyl/N-ethyl adjacent to an activating group) is 1. The molecule has 0 bridgehead atoms. The van der Waals surface area contributed by atoms with Crippen LogP contribution in [0.2, 0.25) is 0 Å². The summed E-state index contributed by atoms with van der Waals surface area (Å²) in [7, 11) is 1.82. The Morgan fingerprint density at radius 3 is 2.05 bits per heavy atom. The lowest BCUT2D eigenvalue weighted by atomic mass is 9.92. The summed E-state index contributed by atoms with van der Waals surface area (Å²) in [6.07, 6.45) is 9.33. The maximum atomic E-state index is 11.6. The van der Waals surface area contributed by atoms with Crippen molar-refractivity contribution in [1.29, 1.82) is 0 Å². The van der Waals surface area contributed by atoms with Gasteiger partial charge in [-0.15, -0.1) is 0 Å². The number of fused-ring (bicyclic) bond motifs is 1. The molecule has 0 N–H and O–H groups in total. The average molecular weight is 504 g/mol. The van der Waals surface area contributed by atoms with E-state index in [4.69, 9.17) is 0 Å². The van der Waals surface area contributed by atoms with Crippen LogP contribution in [0, 0.1) is 0 Å². The third kappa shape index (κ3) is 6.81. The first-order chi connectivity index (χ1) is 18.5. The van der Waals surface area contributed by atoms with E-state index in [1.807, 2.05) is 7.05 Å². The van der Waals surface area contributed by atoms with Crippen LogP contribution in [0.1, 0.15) is 56.2 Å². The van der Waals surface area contributed by atoms with Gasteiger partial charge in [-0.25, -0.2) is 0 Å². The van der Waals surface area contributed by atoms with Crippen LogP contribution in [-0.2, 0) is 24.1 Å². The predicted molar refractivity (Wildman–Crippen MR) is 164 cm³/mol. The number of carbonyl (C=O) groups is 1. The van der Waals surface area contributed by atoms with Crippen molar-refractivity contribution in [3.8, 4) is 22.3 Å². The fraction of sp³-hybridized carbons (Fsp3) is 0.306. The number of hydrogen-bond acceptors (Lipinski definition) is 1. The number of unbranched alkanes of at least 4 members (excludes halogenated alkanes) is 2. The highest BCUT2D eigenvalue weighted by Gasteiger charge is 2.08. The first-order valence-electron chi connectivity index (χ1n) is 14.1. The van der Waals surface area contributed by atoms with Gasteiger partial charge in [-0.2, -0.15) is 0 Å². The van der Waals surface area contributed by atoms with Crippen LogP contribution in [0.5, 0.6) is 0 Å². The smallest absolute Gasteiger partial charge is 0.245 e. The van der Waals surface area contributed by atoms with Gasteiger partial charge in [0.1, 0.15) is 0 Å². The summed E-state index contributed by atoms with van der Waals surface area (Å²) in [5, 5.41) is 2.54. The van der Waals surface area contributed by atoms with E-state index in [0.717, 1.165) is 25.8 Å². The SMILES string of the molecule is C=CC(=O)N(C)CCCc1ccc(-c2ccc3cc(-c4ccc(CCCCC)cc4CC)ccc3c2)cc1. The van der Waals surface area contributed by atoms with Crippen LogP contribution < -0.4 is 0 Å². The van der Waals surface area contributed by atoms with E-state index in [1.54, 1.807) is 4.90 Å². The third-order valence-electron chi connectivity index (χ3n) is 7.57. The van der Waals surface area contributed by atoms with Crippen LogP contribution >= 0.6 is 0 Å². The number of amides is 1. The van der Waals surface area contributed by atoms with Gasteiger partial charge in [-0.1, -0.05) is 100.0 Å². The number of rotatable bonds is 12. The van der Waals surface area contributed by atoms with E-state index >= 15 is 0 Å². The van der Waals surface area contributed by atoms with E-state index in [-0.39, 0.29) is 5.91 Å². The Morgan fingerprint density at radius 2 is 1.37 bits per heavy atom. The zero-order valence-corrected chi connectivity index (χ0v) is 23.3. The second kappa shape index (κ2) is 13.2. The Bertz CT molecular complexity index is 1380. The first kappa shape index (κ1) is 27.4. The minimum Gasteiger partial charge on any atom is -0.342 e. The largest absolute Gasteiger partial charge is 0.342 e. The summed E-state index contributed by atoms with van der Waals surface area (Å²) in [6.45, 7) is 8.81. The van der Waals surface area contributed by atoms with E-state index in [0.29, 0.717) is 0 Å². The molecule has 4 rings (SSSR count). The van der Waals surface area contributed by atoms with Crippen molar-refractivity contribution in [1.82, 2.24) is 4.90 Å². The second-order valence-corrected chi connectivity index (χ2v) is 10.3. The number of benzene rings is 4. The number of carbonyl (C=O) groups excluding carboxylic acids is 1. The molecular weight excluding hydrogens is 462 g/mol. The highest BCUT2D eigenvalue weighted by Crippen LogP contribution is 2.31. The summed E-state index contributed by atoms with van der Waals surface area (Å²) in [4.78, 5) is 13.3. The molecule has 0 heterocycles. The summed E-state index contributed by atoms with van der Waals surface area (Å²) in [5.41, 5.74) is 9.31. The zero-order valence-electron chi connectivity index (χ0n) is 23.3. The fourth-order valence-electron chi connectivity index (χ4n) is 5.20. The van der Waals surface area contributed by atoms with Crippen molar-refractivity contribution in [2.75, 3.05) is 13.6 Å². The molecule has 2 nitrogen and oxygen atoms in total. The Morgan fingerprint density at radius 1 is 0.737 bits per heavy atom. The van der Waals surface area contributed by atoms with E-state index in [9.17, 15) is 4.79 Å². The Balaban J connectivity index is 1.47. The molecule has 0 spiro atoms. The molecule has 4 aromatic rings. The molecule has 0 radical (unpaired) electrons. The monoisotopic (exact) mass is 503 g/mol. The van der Waals surface area contributed by atoms with Gasteiger partial charge in [-0.3, -0.25) is 4.79 Å². The van der Waals surface area contributed by atoms with E-state index < -0.39 is 0 Å². The zero-order chi connectivity index (χ0) is 26.9. The number of nitrogens with zero attached hydrogens (tertiary/aromatic N) is 1. The molecule has 196 valence electrons. The normalized spacial score (nSPS) is 11.0. The highest BCUT2D eigenvalue weighted by atomic mass is 16.2. The maximum absolute atomic E-state index is 11.6. The summed E-state index contributed by atoms with van der Waals surface area (Å²) in [6, 6.07) is 29.5. The molecule has 0 aliphatic carbocycles. The molecule has 0 fully saturated rings. The van der Waals surface area contributed by atoms with Gasteiger partial charge in [0.15, 0.2) is 0 Å². The average Bonchev–Trinajstić information content (AvgIpc) is 2.96. The lowest BCUT2D eigenvalue weighted by molar-refractivity contribution is -0.124. The third-order valence-corrected chi connectivity index (χ3v) is 7.57. The molecule has 0 atom stereocenters. The van der Waals surface area contributed by atoms with Gasteiger partial charge >= 0.3 is 0 Å². The van der Waals surface area contributed by atoms with Gasteiger partial charge < -0.3 is 4.90 Å². The van der Waals surface area contributed by atoms with Crippen LogP contribution in [-0.4, -0.2) is 24.4 Å². The molecule has 38 heavy (non-hydrogen) atoms. The topological polar surface area (TPSA) is 20.3 Å². The molecule has 0 unspecified atom stereocenters. The van der Waals surface area contributed by atoms with Gasteiger partial charge in [0, 0.05) is 13.6 Å². The first-order valence-corrected chi connectivity index (χ1v) is 14.1. The van der Waals surface area contributed by atoms with Crippen LogP contribution in [0.4, 0.5) is 0 Å². The van der Waals surface area contributed by atoms with E-state index in [1.165, 1.54) is 81.5 Å². The molecule has 0 aliphatic rings. The maximum Gasteiger partial charge on any atom is 0.245 e. The summed E-state index contributed by atoms with van der Waals surface area (Å²) >= 11 is 0. The molecule has 0 aromatic heterocycles. The summed E-state index contributed by atoms with van der Waals surface area (Å²) < 4.78 is 0. The molecule has 2 heteroatoms. The number of aryl methyl sites for hydroxylation is 3. The van der Waals surface area contributed by atoms with Crippen LogP contribution in [0.25, 0.3) is 33.0 Å². The standard InChI is InChI=1S/C36H41NO/c1-5-8-9-11-28-15-22-35(29(6-2)24-28)34-21-20-32-25-31(18-19-33(32)26-34)30-16-13-27(14-17-30)12-10-23-37(4)36(38)7-3/h7,13-22,24-26H,3,5-6,8-12,23H2,1-2,4H3. The molecule has 4 aromatic carbocycles. The van der Waals surface area contributed by atoms with Crippen molar-refractivity contribution in [2.24, 2.45) is 0 Å². The Hall–Kier alpha value is -3.65. The Kier molecular flexibility index (Phi) is 9.54. The Labute approximate surface area is 229 Å². The number of hydrogen-bond donors (Lipinski definition) is 0. The quantitative estimate of drug-likeness (QED) is 0.139. The molecular formula is C36H41NO. The van der Waals surface area contributed by atoms with Gasteiger partial charge in [0.25, 0.3) is 0 Å². The van der Waals surface area contributed by atoms with Crippen molar-refractivity contribution < 1.29 is 4.79 Å². The molecule has 0 aliphatic heterocycles. The lowest BCUT2D eigenvalue weighted by Crippen LogP contribution is -2.25. The highest BCUT2D eigenvalue weighted by molar-refractivity contribution is 5.91. The lowest BCUT2D eigenvalue weighted by Gasteiger charge is -2.14. The minimum absolute atomic E-state index is 0.0229. The summed E-state index contributed by atoms with van der Waals surface area (Å²) in [5.74, 6) is -0.0229. The second-order valence-electron chi connectivity index (χ2n) is 10.3. The fourth-order valence-corrected chi connectivity index (χ4v) is 5.20. The minimum atomic E-state index is -0.0229. The van der Waals surface area contributed by atoms with Gasteiger partial charge in [0.2, 0.25) is 5.91 Å². The predicted octanol–water partition coefficient (Wildman–Crippen LogP) is 9.05. The van der Waals surface area contributed by atoms with Crippen molar-refractivity contribution >= 4 is 16.7 Å². The molecule has 0 saturated heterocycles. The van der Waals surface area contributed by atoms with Gasteiger partial charge in [0.05, 0.1) is 0 Å². The molecule has 1 amide bonds. The van der Waals surface area contributed by atoms with Crippen LogP contribution in [0.3, 0.4) is 0 Å².